The van der Waals surface area contributed by atoms with E-state index in [0.29, 0.717) is 17.9 Å². The van der Waals surface area contributed by atoms with Crippen molar-refractivity contribution in [3.8, 4) is 5.75 Å². The van der Waals surface area contributed by atoms with Crippen molar-refractivity contribution in [3.63, 3.8) is 0 Å². The first kappa shape index (κ1) is 15.6. The molecule has 1 aliphatic heterocycles. The lowest BCUT2D eigenvalue weighted by Gasteiger charge is -2.23. The fourth-order valence-corrected chi connectivity index (χ4v) is 2.64. The number of rotatable bonds is 6. The van der Waals surface area contributed by atoms with Gasteiger partial charge in [-0.25, -0.2) is 0 Å². The van der Waals surface area contributed by atoms with Crippen LogP contribution in [-0.4, -0.2) is 36.8 Å². The first-order valence-electron chi connectivity index (χ1n) is 7.63. The summed E-state index contributed by atoms with van der Waals surface area (Å²) in [7, 11) is 0. The summed E-state index contributed by atoms with van der Waals surface area (Å²) in [5, 5.41) is 16.1. The van der Waals surface area contributed by atoms with Gasteiger partial charge in [-0.1, -0.05) is 32.8 Å². The number of amides is 1. The molecule has 1 atom stereocenters. The minimum absolute atomic E-state index is 0.208. The lowest BCUT2D eigenvalue weighted by atomic mass is 9.96. The summed E-state index contributed by atoms with van der Waals surface area (Å²) in [5.41, 5.74) is 1.35. The molecule has 1 heterocycles. The van der Waals surface area contributed by atoms with Crippen LogP contribution < -0.4 is 15.4 Å². The second kappa shape index (κ2) is 7.31. The molecule has 2 rings (SSSR count). The quantitative estimate of drug-likeness (QED) is 0.750. The fourth-order valence-electron chi connectivity index (χ4n) is 2.64. The van der Waals surface area contributed by atoms with Gasteiger partial charge in [-0.3, -0.25) is 4.79 Å². The average Bonchev–Trinajstić information content (AvgIpc) is 2.53. The van der Waals surface area contributed by atoms with Gasteiger partial charge in [-0.15, -0.1) is 0 Å². The van der Waals surface area contributed by atoms with Gasteiger partial charge in [-0.05, 0) is 18.1 Å². The third-order valence-corrected chi connectivity index (χ3v) is 3.99. The van der Waals surface area contributed by atoms with E-state index in [2.05, 4.69) is 10.6 Å². The Bertz CT molecular complexity index is 486. The molecule has 0 radical (unpaired) electrons. The minimum Gasteiger partial charge on any atom is -0.489 e. The van der Waals surface area contributed by atoms with Crippen LogP contribution in [0.5, 0.6) is 5.75 Å². The molecule has 0 aliphatic carbocycles. The van der Waals surface area contributed by atoms with Gasteiger partial charge in [0.1, 0.15) is 6.61 Å². The maximum Gasteiger partial charge on any atom is 0.255 e. The van der Waals surface area contributed by atoms with E-state index < -0.39 is 6.10 Å². The summed E-state index contributed by atoms with van der Waals surface area (Å²) in [6.45, 7) is 5.65. The van der Waals surface area contributed by atoms with E-state index in [1.54, 1.807) is 6.07 Å². The highest BCUT2D eigenvalue weighted by Crippen LogP contribution is 2.31. The van der Waals surface area contributed by atoms with E-state index in [-0.39, 0.29) is 18.4 Å². The smallest absolute Gasteiger partial charge is 0.255 e. The molecule has 1 amide bonds. The van der Waals surface area contributed by atoms with Crippen LogP contribution in [-0.2, 0) is 0 Å². The van der Waals surface area contributed by atoms with Gasteiger partial charge < -0.3 is 20.5 Å². The zero-order valence-electron chi connectivity index (χ0n) is 12.7. The number of hydrogen-bond acceptors (Lipinski definition) is 4. The number of carbonyl (C=O) groups excluding carboxylic acids is 1. The number of aliphatic hydroxyl groups excluding tert-OH is 1. The van der Waals surface area contributed by atoms with Crippen molar-refractivity contribution in [2.75, 3.05) is 25.0 Å². The Morgan fingerprint density at radius 2 is 2.19 bits per heavy atom. The summed E-state index contributed by atoms with van der Waals surface area (Å²) in [6.07, 6.45) is 1.30. The summed E-state index contributed by atoms with van der Waals surface area (Å²) in [6, 6.07) is 5.46. The van der Waals surface area contributed by atoms with Crippen LogP contribution in [0.2, 0.25) is 0 Å². The van der Waals surface area contributed by atoms with Gasteiger partial charge in [-0.2, -0.15) is 0 Å². The molecule has 116 valence electrons. The highest BCUT2D eigenvalue weighted by molar-refractivity contribution is 5.99. The predicted octanol–water partition coefficient (Wildman–Crippen LogP) is 2.02. The Kier molecular flexibility index (Phi) is 5.44. The number of para-hydroxylation sites is 1. The standard InChI is InChI=1S/C16H24N2O3/c1-3-11(4-2)14(19)10-18-16(20)12-6-5-7-13-15(12)21-9-8-17-13/h5-7,11,14,17,19H,3-4,8-10H2,1-2H3,(H,18,20). The highest BCUT2D eigenvalue weighted by Gasteiger charge is 2.21. The second-order valence-corrected chi connectivity index (χ2v) is 5.31. The van der Waals surface area contributed by atoms with Crippen LogP contribution in [0.25, 0.3) is 0 Å². The largest absolute Gasteiger partial charge is 0.489 e. The number of nitrogens with one attached hydrogen (secondary N) is 2. The van der Waals surface area contributed by atoms with Crippen molar-refractivity contribution in [3.05, 3.63) is 23.8 Å². The Balaban J connectivity index is 2.01. The number of hydrogen-bond donors (Lipinski definition) is 3. The van der Waals surface area contributed by atoms with E-state index in [9.17, 15) is 9.90 Å². The Labute approximate surface area is 125 Å². The maximum absolute atomic E-state index is 12.3. The summed E-state index contributed by atoms with van der Waals surface area (Å²) < 4.78 is 5.59. The van der Waals surface area contributed by atoms with E-state index >= 15 is 0 Å². The van der Waals surface area contributed by atoms with Crippen LogP contribution in [0.3, 0.4) is 0 Å². The van der Waals surface area contributed by atoms with Crippen molar-refractivity contribution in [2.24, 2.45) is 5.92 Å². The summed E-state index contributed by atoms with van der Waals surface area (Å²) >= 11 is 0. The van der Waals surface area contributed by atoms with Gasteiger partial charge in [0.25, 0.3) is 5.91 Å². The third-order valence-electron chi connectivity index (χ3n) is 3.99. The van der Waals surface area contributed by atoms with E-state index in [4.69, 9.17) is 4.74 Å². The minimum atomic E-state index is -0.512. The lowest BCUT2D eigenvalue weighted by molar-refractivity contribution is 0.0813. The van der Waals surface area contributed by atoms with Crippen LogP contribution in [0.4, 0.5) is 5.69 Å². The van der Waals surface area contributed by atoms with Crippen molar-refractivity contribution < 1.29 is 14.6 Å². The zero-order chi connectivity index (χ0) is 15.2. The highest BCUT2D eigenvalue weighted by atomic mass is 16.5. The lowest BCUT2D eigenvalue weighted by Crippen LogP contribution is -2.36. The molecule has 0 saturated heterocycles. The molecule has 21 heavy (non-hydrogen) atoms. The number of benzene rings is 1. The number of ether oxygens (including phenoxy) is 1. The topological polar surface area (TPSA) is 70.6 Å². The van der Waals surface area contributed by atoms with Crippen LogP contribution in [0.15, 0.2) is 18.2 Å². The normalized spacial score (nSPS) is 14.9. The SMILES string of the molecule is CCC(CC)C(O)CNC(=O)c1cccc2c1OCCN2. The number of aliphatic hydroxyl groups is 1. The maximum atomic E-state index is 12.3. The Morgan fingerprint density at radius 1 is 1.43 bits per heavy atom. The molecule has 1 aromatic carbocycles. The van der Waals surface area contributed by atoms with Crippen LogP contribution >= 0.6 is 0 Å². The molecule has 5 heteroatoms. The first-order chi connectivity index (χ1) is 10.2. The Hall–Kier alpha value is -1.75. The molecule has 5 nitrogen and oxygen atoms in total. The molecular weight excluding hydrogens is 268 g/mol. The number of carbonyl (C=O) groups is 1. The Morgan fingerprint density at radius 3 is 2.90 bits per heavy atom. The first-order valence-corrected chi connectivity index (χ1v) is 7.63. The molecule has 0 saturated carbocycles. The number of anilines is 1. The third kappa shape index (κ3) is 3.67. The van der Waals surface area contributed by atoms with Gasteiger partial charge in [0.2, 0.25) is 0 Å². The van der Waals surface area contributed by atoms with Crippen molar-refractivity contribution >= 4 is 11.6 Å². The van der Waals surface area contributed by atoms with E-state index in [1.165, 1.54) is 0 Å². The van der Waals surface area contributed by atoms with E-state index in [0.717, 1.165) is 25.1 Å². The van der Waals surface area contributed by atoms with Gasteiger partial charge in [0.15, 0.2) is 5.75 Å². The zero-order valence-corrected chi connectivity index (χ0v) is 12.7. The summed E-state index contributed by atoms with van der Waals surface area (Å²) in [5.74, 6) is 0.603. The molecule has 1 unspecified atom stereocenters. The molecule has 0 aromatic heterocycles. The predicted molar refractivity (Wildman–Crippen MR) is 82.8 cm³/mol. The molecule has 1 aromatic rings. The van der Waals surface area contributed by atoms with Gasteiger partial charge >= 0.3 is 0 Å². The molecule has 3 N–H and O–H groups in total. The van der Waals surface area contributed by atoms with Gasteiger partial charge in [0.05, 0.1) is 17.4 Å². The fraction of sp³-hybridized carbons (Fsp3) is 0.562. The van der Waals surface area contributed by atoms with Gasteiger partial charge in [0, 0.05) is 13.1 Å². The molecule has 0 bridgehead atoms. The van der Waals surface area contributed by atoms with Crippen LogP contribution in [0, 0.1) is 5.92 Å². The van der Waals surface area contributed by atoms with Crippen molar-refractivity contribution in [2.45, 2.75) is 32.8 Å². The summed E-state index contributed by atoms with van der Waals surface area (Å²) in [4.78, 5) is 12.3. The number of fused-ring (bicyclic) bond motifs is 1. The second-order valence-electron chi connectivity index (χ2n) is 5.31. The van der Waals surface area contributed by atoms with Crippen molar-refractivity contribution in [1.82, 2.24) is 5.32 Å². The molecule has 1 aliphatic rings. The average molecular weight is 292 g/mol. The molecular formula is C16H24N2O3. The monoisotopic (exact) mass is 292 g/mol. The van der Waals surface area contributed by atoms with E-state index in [1.807, 2.05) is 26.0 Å². The molecule has 0 spiro atoms. The molecule has 0 fully saturated rings. The van der Waals surface area contributed by atoms with Crippen LogP contribution in [0.1, 0.15) is 37.0 Å². The van der Waals surface area contributed by atoms with Crippen molar-refractivity contribution in [1.29, 1.82) is 0 Å².